The van der Waals surface area contributed by atoms with E-state index < -0.39 is 11.4 Å². The van der Waals surface area contributed by atoms with Crippen molar-refractivity contribution in [3.8, 4) is 0 Å². The van der Waals surface area contributed by atoms with Gasteiger partial charge in [0.1, 0.15) is 0 Å². The maximum atomic E-state index is 11.8. The summed E-state index contributed by atoms with van der Waals surface area (Å²) in [4.78, 5) is 23.2. The molecule has 6 nitrogen and oxygen atoms in total. The van der Waals surface area contributed by atoms with Gasteiger partial charge in [-0.2, -0.15) is 0 Å². The Balaban J connectivity index is 1.81. The first kappa shape index (κ1) is 14.3. The minimum Gasteiger partial charge on any atom is -0.481 e. The van der Waals surface area contributed by atoms with E-state index in [0.29, 0.717) is 32.5 Å². The maximum absolute atomic E-state index is 11.8. The van der Waals surface area contributed by atoms with Gasteiger partial charge in [0.05, 0.1) is 5.41 Å². The van der Waals surface area contributed by atoms with Gasteiger partial charge in [0, 0.05) is 32.2 Å². The first-order valence-corrected chi connectivity index (χ1v) is 6.94. The Bertz CT molecular complexity index is 334. The van der Waals surface area contributed by atoms with Gasteiger partial charge in [0.25, 0.3) is 0 Å². The third-order valence-corrected chi connectivity index (χ3v) is 4.12. The summed E-state index contributed by atoms with van der Waals surface area (Å²) in [5.74, 6) is -0.901. The van der Waals surface area contributed by atoms with Crippen LogP contribution in [0.4, 0.5) is 0 Å². The molecule has 0 radical (unpaired) electrons. The fourth-order valence-corrected chi connectivity index (χ4v) is 2.72. The predicted molar refractivity (Wildman–Crippen MR) is 68.8 cm³/mol. The van der Waals surface area contributed by atoms with Gasteiger partial charge in [-0.15, -0.1) is 0 Å². The summed E-state index contributed by atoms with van der Waals surface area (Å²) in [5, 5.41) is 15.4. The molecule has 0 saturated carbocycles. The van der Waals surface area contributed by atoms with Crippen LogP contribution in [0, 0.1) is 5.41 Å². The van der Waals surface area contributed by atoms with E-state index in [9.17, 15) is 14.7 Å². The average molecular weight is 270 g/mol. The summed E-state index contributed by atoms with van der Waals surface area (Å²) in [6.45, 7) is 2.07. The lowest BCUT2D eigenvalue weighted by molar-refractivity contribution is -0.154. The monoisotopic (exact) mass is 270 g/mol. The van der Waals surface area contributed by atoms with Crippen LogP contribution in [0.1, 0.15) is 32.1 Å². The van der Waals surface area contributed by atoms with Gasteiger partial charge in [-0.25, -0.2) is 0 Å². The molecule has 0 aromatic carbocycles. The first-order chi connectivity index (χ1) is 9.12. The number of nitrogens with one attached hydrogen (secondary N) is 2. The second kappa shape index (κ2) is 6.34. The van der Waals surface area contributed by atoms with E-state index in [1.54, 1.807) is 0 Å². The van der Waals surface area contributed by atoms with Crippen LogP contribution in [0.3, 0.4) is 0 Å². The summed E-state index contributed by atoms with van der Waals surface area (Å²) >= 11 is 0. The zero-order chi connectivity index (χ0) is 13.7. The molecular formula is C13H22N2O4. The maximum Gasteiger partial charge on any atom is 0.311 e. The van der Waals surface area contributed by atoms with Crippen molar-refractivity contribution in [2.45, 2.75) is 38.1 Å². The molecule has 1 amide bonds. The molecule has 1 unspecified atom stereocenters. The molecule has 6 heteroatoms. The molecule has 2 fully saturated rings. The Morgan fingerprint density at radius 3 is 2.68 bits per heavy atom. The van der Waals surface area contributed by atoms with E-state index >= 15 is 0 Å². The van der Waals surface area contributed by atoms with Gasteiger partial charge in [0.15, 0.2) is 0 Å². The molecule has 0 spiro atoms. The lowest BCUT2D eigenvalue weighted by Gasteiger charge is -2.33. The van der Waals surface area contributed by atoms with E-state index in [0.717, 1.165) is 19.4 Å². The quantitative estimate of drug-likeness (QED) is 0.661. The molecule has 0 aliphatic carbocycles. The summed E-state index contributed by atoms with van der Waals surface area (Å²) in [7, 11) is 0. The van der Waals surface area contributed by atoms with Gasteiger partial charge in [-0.3, -0.25) is 9.59 Å². The minimum atomic E-state index is -0.850. The zero-order valence-electron chi connectivity index (χ0n) is 11.1. The van der Waals surface area contributed by atoms with Crippen LogP contribution in [0.2, 0.25) is 0 Å². The molecule has 0 aromatic heterocycles. The van der Waals surface area contributed by atoms with Crippen molar-refractivity contribution in [2.75, 3.05) is 26.3 Å². The molecule has 0 bridgehead atoms. The van der Waals surface area contributed by atoms with Crippen LogP contribution < -0.4 is 10.6 Å². The number of carboxylic acid groups (broad SMARTS) is 1. The molecule has 108 valence electrons. The van der Waals surface area contributed by atoms with Crippen molar-refractivity contribution < 1.29 is 19.4 Å². The number of carboxylic acids is 1. The SMILES string of the molecule is O=C(CC1CCCN1)NCC1(C(=O)O)CCOCC1. The van der Waals surface area contributed by atoms with Crippen LogP contribution in [0.25, 0.3) is 0 Å². The Hall–Kier alpha value is -1.14. The minimum absolute atomic E-state index is 0.0634. The Kier molecular flexibility index (Phi) is 4.76. The highest BCUT2D eigenvalue weighted by molar-refractivity contribution is 5.79. The van der Waals surface area contributed by atoms with Crippen molar-refractivity contribution in [2.24, 2.45) is 5.41 Å². The number of hydrogen-bond donors (Lipinski definition) is 3. The topological polar surface area (TPSA) is 87.7 Å². The summed E-state index contributed by atoms with van der Waals surface area (Å²) < 4.78 is 5.20. The van der Waals surface area contributed by atoms with Crippen molar-refractivity contribution in [1.82, 2.24) is 10.6 Å². The molecule has 2 saturated heterocycles. The highest BCUT2D eigenvalue weighted by Gasteiger charge is 2.40. The molecule has 0 aromatic rings. The van der Waals surface area contributed by atoms with Gasteiger partial charge >= 0.3 is 5.97 Å². The van der Waals surface area contributed by atoms with E-state index in [1.165, 1.54) is 0 Å². The lowest BCUT2D eigenvalue weighted by Crippen LogP contribution is -2.47. The van der Waals surface area contributed by atoms with E-state index in [-0.39, 0.29) is 18.5 Å². The van der Waals surface area contributed by atoms with Gasteiger partial charge in [-0.05, 0) is 32.2 Å². The van der Waals surface area contributed by atoms with Crippen molar-refractivity contribution in [1.29, 1.82) is 0 Å². The third-order valence-electron chi connectivity index (χ3n) is 4.12. The van der Waals surface area contributed by atoms with E-state index in [2.05, 4.69) is 10.6 Å². The molecule has 1 atom stereocenters. The Morgan fingerprint density at radius 1 is 1.37 bits per heavy atom. The molecular weight excluding hydrogens is 248 g/mol. The van der Waals surface area contributed by atoms with Crippen LogP contribution >= 0.6 is 0 Å². The van der Waals surface area contributed by atoms with Gasteiger partial charge in [-0.1, -0.05) is 0 Å². The summed E-state index contributed by atoms with van der Waals surface area (Å²) in [5.41, 5.74) is -0.850. The van der Waals surface area contributed by atoms with Crippen LogP contribution in [0.15, 0.2) is 0 Å². The molecule has 2 heterocycles. The zero-order valence-corrected chi connectivity index (χ0v) is 11.1. The number of rotatable bonds is 5. The summed E-state index contributed by atoms with van der Waals surface area (Å²) in [6, 6.07) is 0.246. The van der Waals surface area contributed by atoms with Gasteiger partial charge in [0.2, 0.25) is 5.91 Å². The molecule has 2 aliphatic heterocycles. The Labute approximate surface area is 112 Å². The third kappa shape index (κ3) is 3.67. The Morgan fingerprint density at radius 2 is 2.11 bits per heavy atom. The predicted octanol–water partition coefficient (Wildman–Crippen LogP) is 0.126. The highest BCUT2D eigenvalue weighted by Crippen LogP contribution is 2.30. The number of amides is 1. The van der Waals surface area contributed by atoms with Crippen LogP contribution in [-0.2, 0) is 14.3 Å². The van der Waals surface area contributed by atoms with Crippen molar-refractivity contribution >= 4 is 11.9 Å². The summed E-state index contributed by atoms with van der Waals surface area (Å²) in [6.07, 6.45) is 3.49. The van der Waals surface area contributed by atoms with Crippen LogP contribution in [-0.4, -0.2) is 49.3 Å². The molecule has 2 aliphatic rings. The second-order valence-corrected chi connectivity index (χ2v) is 5.47. The number of aliphatic carboxylic acids is 1. The molecule has 19 heavy (non-hydrogen) atoms. The number of carbonyl (C=O) groups is 2. The normalized spacial score (nSPS) is 26.0. The number of hydrogen-bond acceptors (Lipinski definition) is 4. The van der Waals surface area contributed by atoms with Crippen molar-refractivity contribution in [3.05, 3.63) is 0 Å². The fourth-order valence-electron chi connectivity index (χ4n) is 2.72. The number of ether oxygens (including phenoxy) is 1. The largest absolute Gasteiger partial charge is 0.481 e. The van der Waals surface area contributed by atoms with Gasteiger partial charge < -0.3 is 20.5 Å². The number of carbonyl (C=O) groups excluding carboxylic acids is 1. The van der Waals surface area contributed by atoms with E-state index in [4.69, 9.17) is 4.74 Å². The standard InChI is InChI=1S/C13H22N2O4/c16-11(8-10-2-1-5-14-10)15-9-13(12(17)18)3-6-19-7-4-13/h10,14H,1-9H2,(H,15,16)(H,17,18). The second-order valence-electron chi connectivity index (χ2n) is 5.47. The smallest absolute Gasteiger partial charge is 0.311 e. The molecule has 3 N–H and O–H groups in total. The average Bonchev–Trinajstić information content (AvgIpc) is 2.90. The van der Waals surface area contributed by atoms with E-state index in [1.807, 2.05) is 0 Å². The lowest BCUT2D eigenvalue weighted by atomic mass is 9.80. The highest BCUT2D eigenvalue weighted by atomic mass is 16.5. The fraction of sp³-hybridized carbons (Fsp3) is 0.846. The molecule has 2 rings (SSSR count). The first-order valence-electron chi connectivity index (χ1n) is 6.94. The van der Waals surface area contributed by atoms with Crippen molar-refractivity contribution in [3.63, 3.8) is 0 Å². The van der Waals surface area contributed by atoms with Crippen LogP contribution in [0.5, 0.6) is 0 Å².